The normalized spacial score (nSPS) is 27.9. The molecule has 14 heavy (non-hydrogen) atoms. The molecule has 0 aromatic heterocycles. The maximum atomic E-state index is 5.49. The van der Waals surface area contributed by atoms with Crippen LogP contribution in [-0.4, -0.2) is 38.9 Å². The summed E-state index contributed by atoms with van der Waals surface area (Å²) >= 11 is 0. The van der Waals surface area contributed by atoms with E-state index in [0.29, 0.717) is 0 Å². The first-order chi connectivity index (χ1) is 6.77. The van der Waals surface area contributed by atoms with Gasteiger partial charge >= 0.3 is 0 Å². The smallest absolute Gasteiger partial charge is 0.0645 e. The van der Waals surface area contributed by atoms with Gasteiger partial charge in [0, 0.05) is 12.1 Å². The molecule has 3 heteroatoms. The highest BCUT2D eigenvalue weighted by atomic mass is 16.5. The van der Waals surface area contributed by atoms with E-state index in [9.17, 15) is 0 Å². The molecule has 0 aliphatic carbocycles. The number of hydrogen-bond donors (Lipinski definition) is 2. The number of ether oxygens (including phenoxy) is 1. The van der Waals surface area contributed by atoms with Crippen LogP contribution in [0.25, 0.3) is 0 Å². The maximum Gasteiger partial charge on any atom is 0.0645 e. The molecule has 0 bridgehead atoms. The van der Waals surface area contributed by atoms with Gasteiger partial charge in [-0.3, -0.25) is 0 Å². The molecule has 1 saturated heterocycles. The van der Waals surface area contributed by atoms with Crippen molar-refractivity contribution in [2.24, 2.45) is 0 Å². The summed E-state index contributed by atoms with van der Waals surface area (Å²) < 4.78 is 5.49. The van der Waals surface area contributed by atoms with Gasteiger partial charge in [-0.15, -0.1) is 0 Å². The Hall–Kier alpha value is -0.120. The van der Waals surface area contributed by atoms with Crippen LogP contribution in [0, 0.1) is 0 Å². The Kier molecular flexibility index (Phi) is 5.45. The Labute approximate surface area is 87.6 Å². The molecule has 1 fully saturated rings. The molecule has 1 aliphatic heterocycles. The molecule has 84 valence electrons. The van der Waals surface area contributed by atoms with E-state index < -0.39 is 0 Å². The Bertz CT molecular complexity index is 144. The van der Waals surface area contributed by atoms with E-state index in [1.54, 1.807) is 0 Å². The zero-order chi connectivity index (χ0) is 10.3. The van der Waals surface area contributed by atoms with Crippen LogP contribution < -0.4 is 10.6 Å². The molecule has 0 amide bonds. The summed E-state index contributed by atoms with van der Waals surface area (Å²) in [6, 6.07) is 0. The fourth-order valence-corrected chi connectivity index (χ4v) is 1.89. The monoisotopic (exact) mass is 200 g/mol. The van der Waals surface area contributed by atoms with Crippen molar-refractivity contribution in [3.63, 3.8) is 0 Å². The largest absolute Gasteiger partial charge is 0.380 e. The van der Waals surface area contributed by atoms with Crippen LogP contribution in [0.2, 0.25) is 0 Å². The van der Waals surface area contributed by atoms with Crippen molar-refractivity contribution in [2.75, 3.05) is 33.4 Å². The molecule has 0 radical (unpaired) electrons. The molecule has 0 aromatic rings. The van der Waals surface area contributed by atoms with Gasteiger partial charge < -0.3 is 15.4 Å². The van der Waals surface area contributed by atoms with Gasteiger partial charge in [0.2, 0.25) is 0 Å². The molecule has 1 atom stereocenters. The minimum Gasteiger partial charge on any atom is -0.380 e. The van der Waals surface area contributed by atoms with Gasteiger partial charge in [-0.25, -0.2) is 0 Å². The van der Waals surface area contributed by atoms with Crippen molar-refractivity contribution in [1.29, 1.82) is 0 Å². The zero-order valence-corrected chi connectivity index (χ0v) is 9.57. The van der Waals surface area contributed by atoms with E-state index in [1.165, 1.54) is 25.7 Å². The predicted octanol–water partition coefficient (Wildman–Crippen LogP) is 1.14. The van der Waals surface area contributed by atoms with Gasteiger partial charge in [-0.2, -0.15) is 0 Å². The minimum atomic E-state index is 0.234. The van der Waals surface area contributed by atoms with Crippen LogP contribution >= 0.6 is 0 Å². The van der Waals surface area contributed by atoms with E-state index in [-0.39, 0.29) is 5.54 Å². The van der Waals surface area contributed by atoms with E-state index in [2.05, 4.69) is 17.6 Å². The first kappa shape index (κ1) is 12.0. The second-order valence-corrected chi connectivity index (χ2v) is 4.45. The molecule has 0 saturated carbocycles. The molecule has 1 heterocycles. The van der Waals surface area contributed by atoms with Gasteiger partial charge in [-0.05, 0) is 52.7 Å². The molecule has 0 aromatic carbocycles. The quantitative estimate of drug-likeness (QED) is 0.631. The summed E-state index contributed by atoms with van der Waals surface area (Å²) in [5.74, 6) is 0. The summed E-state index contributed by atoms with van der Waals surface area (Å²) in [5.41, 5.74) is 0.234. The van der Waals surface area contributed by atoms with Crippen LogP contribution in [0.15, 0.2) is 0 Å². The summed E-state index contributed by atoms with van der Waals surface area (Å²) in [6.45, 7) is 6.32. The first-order valence-corrected chi connectivity index (χ1v) is 5.74. The molecule has 1 aliphatic rings. The standard InChI is InChI=1S/C11H24N2O/c1-11(6-5-9-14-10-11)13-8-4-3-7-12-2/h12-13H,3-10H2,1-2H3. The van der Waals surface area contributed by atoms with Gasteiger partial charge in [-0.1, -0.05) is 0 Å². The van der Waals surface area contributed by atoms with Gasteiger partial charge in [0.1, 0.15) is 0 Å². The lowest BCUT2D eigenvalue weighted by atomic mass is 9.95. The molecule has 0 spiro atoms. The Morgan fingerprint density at radius 3 is 2.71 bits per heavy atom. The summed E-state index contributed by atoms with van der Waals surface area (Å²) in [4.78, 5) is 0. The fraction of sp³-hybridized carbons (Fsp3) is 1.00. The number of nitrogens with one attached hydrogen (secondary N) is 2. The highest BCUT2D eigenvalue weighted by Crippen LogP contribution is 2.17. The number of unbranched alkanes of at least 4 members (excludes halogenated alkanes) is 1. The van der Waals surface area contributed by atoms with Crippen molar-refractivity contribution in [1.82, 2.24) is 10.6 Å². The first-order valence-electron chi connectivity index (χ1n) is 5.74. The topological polar surface area (TPSA) is 33.3 Å². The van der Waals surface area contributed by atoms with Crippen molar-refractivity contribution in [3.8, 4) is 0 Å². The van der Waals surface area contributed by atoms with Gasteiger partial charge in [0.05, 0.1) is 6.61 Å². The Balaban J connectivity index is 2.03. The molecule has 1 unspecified atom stereocenters. The van der Waals surface area contributed by atoms with Crippen molar-refractivity contribution in [2.45, 2.75) is 38.1 Å². The third kappa shape index (κ3) is 4.40. The van der Waals surface area contributed by atoms with Crippen LogP contribution in [0.1, 0.15) is 32.6 Å². The molecule has 2 N–H and O–H groups in total. The van der Waals surface area contributed by atoms with Crippen molar-refractivity contribution >= 4 is 0 Å². The average molecular weight is 200 g/mol. The maximum absolute atomic E-state index is 5.49. The van der Waals surface area contributed by atoms with E-state index >= 15 is 0 Å². The third-order valence-electron chi connectivity index (χ3n) is 2.84. The average Bonchev–Trinajstić information content (AvgIpc) is 2.18. The Morgan fingerprint density at radius 2 is 2.07 bits per heavy atom. The van der Waals surface area contributed by atoms with Crippen LogP contribution in [-0.2, 0) is 4.74 Å². The van der Waals surface area contributed by atoms with Crippen LogP contribution in [0.3, 0.4) is 0 Å². The second-order valence-electron chi connectivity index (χ2n) is 4.45. The zero-order valence-electron chi connectivity index (χ0n) is 9.57. The third-order valence-corrected chi connectivity index (χ3v) is 2.84. The second kappa shape index (κ2) is 6.38. The van der Waals surface area contributed by atoms with Gasteiger partial charge in [0.25, 0.3) is 0 Å². The van der Waals surface area contributed by atoms with Gasteiger partial charge in [0.15, 0.2) is 0 Å². The SMILES string of the molecule is CNCCCCNC1(C)CCCOC1. The number of hydrogen-bond acceptors (Lipinski definition) is 3. The van der Waals surface area contributed by atoms with Crippen molar-refractivity contribution < 1.29 is 4.74 Å². The summed E-state index contributed by atoms with van der Waals surface area (Å²) in [6.07, 6.45) is 4.94. The summed E-state index contributed by atoms with van der Waals surface area (Å²) in [7, 11) is 2.00. The molecule has 1 rings (SSSR count). The molecular weight excluding hydrogens is 176 g/mol. The van der Waals surface area contributed by atoms with Crippen LogP contribution in [0.4, 0.5) is 0 Å². The van der Waals surface area contributed by atoms with E-state index in [1.807, 2.05) is 7.05 Å². The van der Waals surface area contributed by atoms with E-state index in [4.69, 9.17) is 4.74 Å². The van der Waals surface area contributed by atoms with E-state index in [0.717, 1.165) is 26.3 Å². The van der Waals surface area contributed by atoms with Crippen LogP contribution in [0.5, 0.6) is 0 Å². The fourth-order valence-electron chi connectivity index (χ4n) is 1.89. The summed E-state index contributed by atoms with van der Waals surface area (Å²) in [5, 5.41) is 6.77. The highest BCUT2D eigenvalue weighted by Gasteiger charge is 2.26. The minimum absolute atomic E-state index is 0.234. The number of rotatable bonds is 6. The molecule has 3 nitrogen and oxygen atoms in total. The molecular formula is C11H24N2O. The lowest BCUT2D eigenvalue weighted by molar-refractivity contribution is 0.0286. The lowest BCUT2D eigenvalue weighted by Gasteiger charge is -2.34. The lowest BCUT2D eigenvalue weighted by Crippen LogP contribution is -2.49. The highest BCUT2D eigenvalue weighted by molar-refractivity contribution is 4.85. The predicted molar refractivity (Wildman–Crippen MR) is 59.6 cm³/mol. The Morgan fingerprint density at radius 1 is 1.29 bits per heavy atom. The van der Waals surface area contributed by atoms with Crippen molar-refractivity contribution in [3.05, 3.63) is 0 Å².